The van der Waals surface area contributed by atoms with Crippen LogP contribution in [-0.2, 0) is 9.53 Å². The van der Waals surface area contributed by atoms with Gasteiger partial charge in [-0.05, 0) is 12.8 Å². The molecule has 0 fully saturated rings. The maximum atomic E-state index is 11.5. The van der Waals surface area contributed by atoms with Crippen LogP contribution in [0.4, 0.5) is 0 Å². The first-order chi connectivity index (χ1) is 6.99. The van der Waals surface area contributed by atoms with E-state index in [1.165, 1.54) is 4.90 Å². The van der Waals surface area contributed by atoms with E-state index in [2.05, 4.69) is 13.8 Å². The number of likely N-dealkylation sites (N-methyl/N-ethyl adjacent to an activating group) is 1. The van der Waals surface area contributed by atoms with Gasteiger partial charge in [0.2, 0.25) is 5.91 Å². The van der Waals surface area contributed by atoms with E-state index in [1.807, 2.05) is 13.0 Å². The highest BCUT2D eigenvalue weighted by Crippen LogP contribution is 2.05. The number of carbonyl (C=O) groups excluding carboxylic acids is 1. The van der Waals surface area contributed by atoms with Gasteiger partial charge in [0.25, 0.3) is 0 Å². The molecule has 0 heterocycles. The Hall–Kier alpha value is -1.08. The fourth-order valence-electron chi connectivity index (χ4n) is 0.848. The molecule has 4 heteroatoms. The lowest BCUT2D eigenvalue weighted by Gasteiger charge is -2.19. The van der Waals surface area contributed by atoms with Crippen LogP contribution in [0, 0.1) is 17.2 Å². The van der Waals surface area contributed by atoms with Crippen LogP contribution >= 0.6 is 0 Å². The number of hydrogen-bond acceptors (Lipinski definition) is 3. The van der Waals surface area contributed by atoms with Gasteiger partial charge in [0, 0.05) is 13.6 Å². The molecular weight excluding hydrogens is 192 g/mol. The summed E-state index contributed by atoms with van der Waals surface area (Å²) in [6.45, 7) is 6.62. The third-order valence-corrected chi connectivity index (χ3v) is 2.39. The number of nitriles is 1. The van der Waals surface area contributed by atoms with Crippen LogP contribution in [0.3, 0.4) is 0 Å². The van der Waals surface area contributed by atoms with Crippen molar-refractivity contribution in [1.82, 2.24) is 4.90 Å². The molecule has 0 aliphatic rings. The molecule has 0 bridgehead atoms. The van der Waals surface area contributed by atoms with Crippen molar-refractivity contribution >= 4 is 5.91 Å². The number of ether oxygens (including phenoxy) is 1. The summed E-state index contributed by atoms with van der Waals surface area (Å²) >= 11 is 0. The van der Waals surface area contributed by atoms with E-state index in [0.717, 1.165) is 0 Å². The molecule has 0 N–H and O–H groups in total. The van der Waals surface area contributed by atoms with Crippen molar-refractivity contribution in [3.8, 4) is 6.07 Å². The molecule has 1 amide bonds. The molecule has 0 rings (SSSR count). The molecule has 0 radical (unpaired) electrons. The summed E-state index contributed by atoms with van der Waals surface area (Å²) in [7, 11) is 1.68. The minimum Gasteiger partial charge on any atom is -0.368 e. The van der Waals surface area contributed by atoms with Gasteiger partial charge >= 0.3 is 0 Å². The molecule has 15 heavy (non-hydrogen) atoms. The highest BCUT2D eigenvalue weighted by molar-refractivity contribution is 5.77. The van der Waals surface area contributed by atoms with Gasteiger partial charge in [0.1, 0.15) is 6.61 Å². The topological polar surface area (TPSA) is 53.3 Å². The maximum absolute atomic E-state index is 11.5. The Balaban J connectivity index is 3.78. The second-order valence-corrected chi connectivity index (χ2v) is 3.98. The summed E-state index contributed by atoms with van der Waals surface area (Å²) in [5.74, 6) is 0.333. The monoisotopic (exact) mass is 212 g/mol. The summed E-state index contributed by atoms with van der Waals surface area (Å²) < 4.78 is 5.39. The molecule has 0 aromatic carbocycles. The van der Waals surface area contributed by atoms with Crippen molar-refractivity contribution in [1.29, 1.82) is 5.26 Å². The van der Waals surface area contributed by atoms with E-state index < -0.39 is 0 Å². The fraction of sp³-hybridized carbons (Fsp3) is 0.818. The van der Waals surface area contributed by atoms with Crippen molar-refractivity contribution in [3.05, 3.63) is 0 Å². The normalized spacial score (nSPS) is 12.3. The highest BCUT2D eigenvalue weighted by atomic mass is 16.5. The summed E-state index contributed by atoms with van der Waals surface area (Å²) in [5, 5.41) is 8.37. The lowest BCUT2D eigenvalue weighted by molar-refractivity contribution is -0.137. The number of nitrogens with zero attached hydrogens (tertiary/aromatic N) is 2. The van der Waals surface area contributed by atoms with Crippen LogP contribution in [-0.4, -0.2) is 37.1 Å². The molecule has 0 aliphatic carbocycles. The maximum Gasteiger partial charge on any atom is 0.248 e. The Morgan fingerprint density at radius 2 is 2.07 bits per heavy atom. The lowest BCUT2D eigenvalue weighted by atomic mass is 10.1. The predicted molar refractivity (Wildman–Crippen MR) is 58.1 cm³/mol. The minimum atomic E-state index is -0.0715. The van der Waals surface area contributed by atoms with Crippen molar-refractivity contribution in [2.24, 2.45) is 5.92 Å². The van der Waals surface area contributed by atoms with Crippen molar-refractivity contribution in [2.75, 3.05) is 20.2 Å². The summed E-state index contributed by atoms with van der Waals surface area (Å²) in [6.07, 6.45) is 0.445. The van der Waals surface area contributed by atoms with Crippen LogP contribution in [0.1, 0.15) is 27.2 Å². The highest BCUT2D eigenvalue weighted by Gasteiger charge is 2.12. The number of amides is 1. The average molecular weight is 212 g/mol. The zero-order chi connectivity index (χ0) is 11.8. The SMILES string of the molecule is CC(C)C(C)OCC(=O)N(C)CCC#N. The van der Waals surface area contributed by atoms with E-state index in [1.54, 1.807) is 7.05 Å². The Labute approximate surface area is 91.8 Å². The summed E-state index contributed by atoms with van der Waals surface area (Å²) in [4.78, 5) is 13.0. The zero-order valence-electron chi connectivity index (χ0n) is 9.99. The molecule has 1 atom stereocenters. The second kappa shape index (κ2) is 7.24. The lowest BCUT2D eigenvalue weighted by Crippen LogP contribution is -2.33. The van der Waals surface area contributed by atoms with Gasteiger partial charge < -0.3 is 9.64 Å². The van der Waals surface area contributed by atoms with Gasteiger partial charge in [0.05, 0.1) is 18.6 Å². The smallest absolute Gasteiger partial charge is 0.248 e. The van der Waals surface area contributed by atoms with Gasteiger partial charge in [-0.15, -0.1) is 0 Å². The third kappa shape index (κ3) is 6.08. The second-order valence-electron chi connectivity index (χ2n) is 3.98. The molecule has 0 spiro atoms. The molecule has 4 nitrogen and oxygen atoms in total. The molecule has 0 aromatic heterocycles. The van der Waals surface area contributed by atoms with Gasteiger partial charge in [-0.2, -0.15) is 5.26 Å². The first-order valence-electron chi connectivity index (χ1n) is 5.21. The van der Waals surface area contributed by atoms with E-state index in [-0.39, 0.29) is 18.6 Å². The molecule has 0 aromatic rings. The molecular formula is C11H20N2O2. The number of hydrogen-bond donors (Lipinski definition) is 0. The standard InChI is InChI=1S/C11H20N2O2/c1-9(2)10(3)15-8-11(14)13(4)7-5-6-12/h9-10H,5,7-8H2,1-4H3. The molecule has 0 saturated carbocycles. The van der Waals surface area contributed by atoms with Crippen molar-refractivity contribution in [3.63, 3.8) is 0 Å². The van der Waals surface area contributed by atoms with Crippen LogP contribution in [0.15, 0.2) is 0 Å². The zero-order valence-corrected chi connectivity index (χ0v) is 9.99. The summed E-state index contributed by atoms with van der Waals surface area (Å²) in [5.41, 5.74) is 0. The van der Waals surface area contributed by atoms with Crippen LogP contribution in [0.2, 0.25) is 0 Å². The average Bonchev–Trinajstić information content (AvgIpc) is 2.21. The summed E-state index contributed by atoms with van der Waals surface area (Å²) in [6, 6.07) is 2.00. The van der Waals surface area contributed by atoms with E-state index >= 15 is 0 Å². The van der Waals surface area contributed by atoms with Crippen molar-refractivity contribution in [2.45, 2.75) is 33.3 Å². The Bertz CT molecular complexity index is 233. The van der Waals surface area contributed by atoms with Gasteiger partial charge in [-0.25, -0.2) is 0 Å². The number of rotatable bonds is 6. The van der Waals surface area contributed by atoms with E-state index in [0.29, 0.717) is 18.9 Å². The predicted octanol–water partition coefficient (Wildman–Crippen LogP) is 1.42. The number of carbonyl (C=O) groups is 1. The minimum absolute atomic E-state index is 0.0715. The van der Waals surface area contributed by atoms with Gasteiger partial charge in [-0.3, -0.25) is 4.79 Å². The van der Waals surface area contributed by atoms with Crippen LogP contribution in [0.5, 0.6) is 0 Å². The van der Waals surface area contributed by atoms with E-state index in [4.69, 9.17) is 10.00 Å². The van der Waals surface area contributed by atoms with Gasteiger partial charge in [0.15, 0.2) is 0 Å². The molecule has 0 saturated heterocycles. The first-order valence-corrected chi connectivity index (χ1v) is 5.21. The van der Waals surface area contributed by atoms with Gasteiger partial charge in [-0.1, -0.05) is 13.8 Å². The largest absolute Gasteiger partial charge is 0.368 e. The Morgan fingerprint density at radius 1 is 1.47 bits per heavy atom. The van der Waals surface area contributed by atoms with Crippen LogP contribution in [0.25, 0.3) is 0 Å². The van der Waals surface area contributed by atoms with E-state index in [9.17, 15) is 4.79 Å². The molecule has 0 aliphatic heterocycles. The Morgan fingerprint density at radius 3 is 2.53 bits per heavy atom. The quantitative estimate of drug-likeness (QED) is 0.669. The Kier molecular flexibility index (Phi) is 6.72. The van der Waals surface area contributed by atoms with Crippen LogP contribution < -0.4 is 0 Å². The molecule has 1 unspecified atom stereocenters. The first kappa shape index (κ1) is 13.9. The van der Waals surface area contributed by atoms with Crippen molar-refractivity contribution < 1.29 is 9.53 Å². The third-order valence-electron chi connectivity index (χ3n) is 2.39. The molecule has 86 valence electrons. The fourth-order valence-corrected chi connectivity index (χ4v) is 0.848.